The lowest BCUT2D eigenvalue weighted by molar-refractivity contribution is -0.126. The van der Waals surface area contributed by atoms with Gasteiger partial charge in [0.05, 0.1) is 12.1 Å². The summed E-state index contributed by atoms with van der Waals surface area (Å²) in [6.45, 7) is 6.10. The van der Waals surface area contributed by atoms with E-state index in [1.807, 2.05) is 44.2 Å². The van der Waals surface area contributed by atoms with Gasteiger partial charge in [0, 0.05) is 0 Å². The highest BCUT2D eigenvalue weighted by Crippen LogP contribution is 2.01. The lowest BCUT2D eigenvalue weighted by Gasteiger charge is -2.19. The molecule has 0 atom stereocenters. The molecule has 0 aliphatic rings. The van der Waals surface area contributed by atoms with E-state index in [9.17, 15) is 4.79 Å². The van der Waals surface area contributed by atoms with E-state index in [4.69, 9.17) is 4.74 Å². The first kappa shape index (κ1) is 15.3. The third kappa shape index (κ3) is 6.64. The molecule has 0 heterocycles. The second-order valence-corrected chi connectivity index (χ2v) is 4.84. The van der Waals surface area contributed by atoms with Gasteiger partial charge in [-0.2, -0.15) is 0 Å². The van der Waals surface area contributed by atoms with E-state index in [0.29, 0.717) is 6.61 Å². The van der Waals surface area contributed by atoms with E-state index in [1.54, 1.807) is 6.92 Å². The largest absolute Gasteiger partial charge is 0.371 e. The summed E-state index contributed by atoms with van der Waals surface area (Å²) < 4.78 is 5.36. The molecular weight excluding hydrogens is 238 g/mol. The minimum Gasteiger partial charge on any atom is -0.371 e. The van der Waals surface area contributed by atoms with E-state index in [1.165, 1.54) is 5.56 Å². The molecule has 0 radical (unpaired) electrons. The van der Waals surface area contributed by atoms with Gasteiger partial charge in [-0.1, -0.05) is 36.3 Å². The number of hydrogen-bond acceptors (Lipinski definition) is 2. The fourth-order valence-corrected chi connectivity index (χ4v) is 1.73. The lowest BCUT2D eigenvalue weighted by atomic mass is 10.1. The van der Waals surface area contributed by atoms with E-state index < -0.39 is 5.54 Å². The summed E-state index contributed by atoms with van der Waals surface area (Å²) in [6.07, 6.45) is 0.812. The highest BCUT2D eigenvalue weighted by molar-refractivity contribution is 5.78. The molecule has 19 heavy (non-hydrogen) atoms. The fourth-order valence-electron chi connectivity index (χ4n) is 1.73. The average Bonchev–Trinajstić information content (AvgIpc) is 2.35. The third-order valence-corrected chi connectivity index (χ3v) is 2.50. The predicted molar refractivity (Wildman–Crippen MR) is 76.6 cm³/mol. The summed E-state index contributed by atoms with van der Waals surface area (Å²) in [5.74, 6) is 5.59. The van der Waals surface area contributed by atoms with Crippen LogP contribution in [0.4, 0.5) is 0 Å². The summed E-state index contributed by atoms with van der Waals surface area (Å²) in [5.41, 5.74) is 0.703. The topological polar surface area (TPSA) is 38.3 Å². The van der Waals surface area contributed by atoms with Crippen LogP contribution in [0, 0.1) is 11.8 Å². The van der Waals surface area contributed by atoms with E-state index in [0.717, 1.165) is 6.42 Å². The zero-order valence-electron chi connectivity index (χ0n) is 11.8. The fraction of sp³-hybridized carbons (Fsp3) is 0.438. The van der Waals surface area contributed by atoms with Crippen molar-refractivity contribution < 1.29 is 9.53 Å². The van der Waals surface area contributed by atoms with Crippen LogP contribution in [0.15, 0.2) is 30.3 Å². The molecule has 1 aromatic carbocycles. The van der Waals surface area contributed by atoms with Crippen molar-refractivity contribution in [1.82, 2.24) is 5.32 Å². The molecule has 1 rings (SSSR count). The monoisotopic (exact) mass is 259 g/mol. The Morgan fingerprint density at radius 2 is 2.00 bits per heavy atom. The van der Waals surface area contributed by atoms with Crippen molar-refractivity contribution in [3.8, 4) is 11.8 Å². The van der Waals surface area contributed by atoms with Gasteiger partial charge in [0.2, 0.25) is 5.91 Å². The molecule has 0 unspecified atom stereocenters. The number of carbonyl (C=O) groups excluding carboxylic acids is 1. The van der Waals surface area contributed by atoms with Gasteiger partial charge in [0.25, 0.3) is 0 Å². The molecule has 0 aliphatic carbocycles. The summed E-state index contributed by atoms with van der Waals surface area (Å²) in [5, 5.41) is 2.82. The van der Waals surface area contributed by atoms with Crippen molar-refractivity contribution in [3.63, 3.8) is 0 Å². The van der Waals surface area contributed by atoms with Gasteiger partial charge in [-0.3, -0.25) is 4.79 Å². The van der Waals surface area contributed by atoms with Crippen LogP contribution in [0.1, 0.15) is 26.3 Å². The highest BCUT2D eigenvalue weighted by Gasteiger charge is 2.16. The third-order valence-electron chi connectivity index (χ3n) is 2.50. The van der Waals surface area contributed by atoms with Crippen molar-refractivity contribution >= 4 is 5.91 Å². The molecule has 1 N–H and O–H groups in total. The number of amides is 1. The van der Waals surface area contributed by atoms with Crippen LogP contribution < -0.4 is 5.32 Å². The normalized spacial score (nSPS) is 10.5. The summed E-state index contributed by atoms with van der Waals surface area (Å²) >= 11 is 0. The van der Waals surface area contributed by atoms with Crippen LogP contribution in [0.25, 0.3) is 0 Å². The van der Waals surface area contributed by atoms with Crippen LogP contribution in [-0.2, 0) is 16.0 Å². The number of carbonyl (C=O) groups is 1. The number of nitrogens with one attached hydrogen (secondary N) is 1. The Morgan fingerprint density at radius 1 is 1.32 bits per heavy atom. The Labute approximate surface area is 115 Å². The van der Waals surface area contributed by atoms with Crippen molar-refractivity contribution in [3.05, 3.63) is 35.9 Å². The lowest BCUT2D eigenvalue weighted by Crippen LogP contribution is -2.44. The Morgan fingerprint density at radius 3 is 2.63 bits per heavy atom. The van der Waals surface area contributed by atoms with Gasteiger partial charge in [-0.25, -0.2) is 0 Å². The average molecular weight is 259 g/mol. The van der Waals surface area contributed by atoms with E-state index in [2.05, 4.69) is 17.2 Å². The minimum atomic E-state index is -0.505. The highest BCUT2D eigenvalue weighted by atomic mass is 16.5. The van der Waals surface area contributed by atoms with Crippen molar-refractivity contribution in [2.45, 2.75) is 32.7 Å². The molecular formula is C16H21NO2. The molecule has 0 saturated heterocycles. The van der Waals surface area contributed by atoms with Gasteiger partial charge < -0.3 is 10.1 Å². The van der Waals surface area contributed by atoms with Crippen molar-refractivity contribution in [2.24, 2.45) is 0 Å². The summed E-state index contributed by atoms with van der Waals surface area (Å²) in [7, 11) is 0. The smallest absolute Gasteiger partial charge is 0.247 e. The quantitative estimate of drug-likeness (QED) is 0.628. The molecule has 102 valence electrons. The zero-order chi connectivity index (χ0) is 14.1. The number of rotatable bonds is 6. The number of benzene rings is 1. The minimum absolute atomic E-state index is 0.0711. The second kappa shape index (κ2) is 7.60. The molecule has 0 saturated carbocycles. The standard InChI is InChI=1S/C16H21NO2/c1-4-11-16(2,3)17-15(18)13-19-12-10-14-8-6-5-7-9-14/h5-9H,10,12-13H2,1-3H3,(H,17,18). The predicted octanol–water partition coefficient (Wildman–Crippen LogP) is 2.16. The number of ether oxygens (including phenoxy) is 1. The van der Waals surface area contributed by atoms with Crippen LogP contribution in [0.2, 0.25) is 0 Å². The first-order valence-electron chi connectivity index (χ1n) is 6.40. The molecule has 0 spiro atoms. The van der Waals surface area contributed by atoms with Gasteiger partial charge in [-0.15, -0.1) is 5.92 Å². The Bertz CT molecular complexity index is 455. The number of hydrogen-bond donors (Lipinski definition) is 1. The maximum absolute atomic E-state index is 11.6. The second-order valence-electron chi connectivity index (χ2n) is 4.84. The van der Waals surface area contributed by atoms with Gasteiger partial charge in [-0.05, 0) is 32.8 Å². The van der Waals surface area contributed by atoms with Crippen molar-refractivity contribution in [2.75, 3.05) is 13.2 Å². The molecule has 0 fully saturated rings. The summed E-state index contributed by atoms with van der Waals surface area (Å²) in [6, 6.07) is 10.1. The van der Waals surface area contributed by atoms with E-state index in [-0.39, 0.29) is 12.5 Å². The molecule has 1 amide bonds. The maximum Gasteiger partial charge on any atom is 0.247 e. The van der Waals surface area contributed by atoms with Crippen LogP contribution >= 0.6 is 0 Å². The molecule has 3 nitrogen and oxygen atoms in total. The van der Waals surface area contributed by atoms with Crippen LogP contribution in [0.3, 0.4) is 0 Å². The Kier molecular flexibility index (Phi) is 6.11. The maximum atomic E-state index is 11.6. The Hall–Kier alpha value is -1.79. The van der Waals surface area contributed by atoms with Gasteiger partial charge in [0.15, 0.2) is 0 Å². The van der Waals surface area contributed by atoms with Gasteiger partial charge >= 0.3 is 0 Å². The Balaban J connectivity index is 2.22. The first-order chi connectivity index (χ1) is 9.03. The summed E-state index contributed by atoms with van der Waals surface area (Å²) in [4.78, 5) is 11.6. The van der Waals surface area contributed by atoms with Crippen molar-refractivity contribution in [1.29, 1.82) is 0 Å². The molecule has 0 aromatic heterocycles. The zero-order valence-corrected chi connectivity index (χ0v) is 11.8. The van der Waals surface area contributed by atoms with Crippen LogP contribution in [-0.4, -0.2) is 24.7 Å². The van der Waals surface area contributed by atoms with E-state index >= 15 is 0 Å². The molecule has 1 aromatic rings. The molecule has 0 aliphatic heterocycles. The SMILES string of the molecule is CC#CC(C)(C)NC(=O)COCCc1ccccc1. The first-order valence-corrected chi connectivity index (χ1v) is 6.40. The molecule has 0 bridgehead atoms. The molecule has 3 heteroatoms. The van der Waals surface area contributed by atoms with Crippen LogP contribution in [0.5, 0.6) is 0 Å². The van der Waals surface area contributed by atoms with Gasteiger partial charge in [0.1, 0.15) is 6.61 Å².